The monoisotopic (exact) mass is 330 g/mol. The van der Waals surface area contributed by atoms with Crippen molar-refractivity contribution < 1.29 is 0 Å². The molecule has 0 unspecified atom stereocenters. The first-order valence-electron chi connectivity index (χ1n) is 7.02. The van der Waals surface area contributed by atoms with E-state index in [1.165, 1.54) is 24.3 Å². The Morgan fingerprint density at radius 1 is 1.30 bits per heavy atom. The molecule has 2 N–H and O–H groups in total. The molecule has 1 rings (SSSR count). The van der Waals surface area contributed by atoms with E-state index in [4.69, 9.17) is 23.8 Å². The van der Waals surface area contributed by atoms with Gasteiger partial charge in [0.05, 0.1) is 0 Å². The standard InChI is InChI=1S/C15H23ClN2S2/c1-3-4-9-20-10-5-8-17-15(19)18-14-11-13(16)7-6-12(14)2/h6-7,11H,3-5,8-10H2,1-2H3,(H2,17,18,19). The Morgan fingerprint density at radius 2 is 2.05 bits per heavy atom. The molecule has 0 aliphatic carbocycles. The number of halogens is 1. The first-order chi connectivity index (χ1) is 9.63. The van der Waals surface area contributed by atoms with Gasteiger partial charge in [-0.15, -0.1) is 0 Å². The van der Waals surface area contributed by atoms with Crippen molar-refractivity contribution in [2.24, 2.45) is 0 Å². The minimum absolute atomic E-state index is 0.661. The number of anilines is 1. The molecule has 20 heavy (non-hydrogen) atoms. The fourth-order valence-electron chi connectivity index (χ4n) is 1.62. The van der Waals surface area contributed by atoms with Gasteiger partial charge in [0.15, 0.2) is 5.11 Å². The van der Waals surface area contributed by atoms with Crippen LogP contribution >= 0.6 is 35.6 Å². The van der Waals surface area contributed by atoms with Crippen LogP contribution < -0.4 is 10.6 Å². The molecule has 0 saturated carbocycles. The van der Waals surface area contributed by atoms with Crippen molar-refractivity contribution in [3.05, 3.63) is 28.8 Å². The van der Waals surface area contributed by atoms with Crippen molar-refractivity contribution in [2.45, 2.75) is 33.1 Å². The zero-order valence-electron chi connectivity index (χ0n) is 12.2. The Labute approximate surface area is 137 Å². The summed E-state index contributed by atoms with van der Waals surface area (Å²) in [7, 11) is 0. The second-order valence-corrected chi connectivity index (χ2v) is 6.73. The van der Waals surface area contributed by atoms with Gasteiger partial charge in [-0.2, -0.15) is 11.8 Å². The van der Waals surface area contributed by atoms with Crippen LogP contribution in [-0.4, -0.2) is 23.2 Å². The summed E-state index contributed by atoms with van der Waals surface area (Å²) in [6, 6.07) is 5.76. The fraction of sp³-hybridized carbons (Fsp3) is 0.533. The van der Waals surface area contributed by atoms with E-state index in [1.54, 1.807) is 0 Å². The molecule has 112 valence electrons. The number of hydrogen-bond acceptors (Lipinski definition) is 2. The molecule has 0 amide bonds. The minimum Gasteiger partial charge on any atom is -0.362 e. The van der Waals surface area contributed by atoms with Gasteiger partial charge >= 0.3 is 0 Å². The van der Waals surface area contributed by atoms with Gasteiger partial charge in [-0.25, -0.2) is 0 Å². The molecule has 0 aliphatic heterocycles. The van der Waals surface area contributed by atoms with E-state index in [0.717, 1.165) is 24.2 Å². The highest BCUT2D eigenvalue weighted by molar-refractivity contribution is 7.99. The molecule has 0 spiro atoms. The van der Waals surface area contributed by atoms with Crippen molar-refractivity contribution in [1.82, 2.24) is 5.32 Å². The van der Waals surface area contributed by atoms with Crippen LogP contribution in [0.2, 0.25) is 5.02 Å². The summed E-state index contributed by atoms with van der Waals surface area (Å²) in [5, 5.41) is 7.80. The molecule has 1 aromatic rings. The lowest BCUT2D eigenvalue weighted by atomic mass is 10.2. The first kappa shape index (κ1) is 17.6. The summed E-state index contributed by atoms with van der Waals surface area (Å²) in [4.78, 5) is 0. The fourth-order valence-corrected chi connectivity index (χ4v) is 3.05. The van der Waals surface area contributed by atoms with Gasteiger partial charge in [0, 0.05) is 17.3 Å². The first-order valence-corrected chi connectivity index (χ1v) is 8.96. The summed E-state index contributed by atoms with van der Waals surface area (Å²) in [5.41, 5.74) is 2.10. The third-order valence-electron chi connectivity index (χ3n) is 2.84. The summed E-state index contributed by atoms with van der Waals surface area (Å²) < 4.78 is 0. The summed E-state index contributed by atoms with van der Waals surface area (Å²) >= 11 is 13.3. The van der Waals surface area contributed by atoms with Gasteiger partial charge in [0.2, 0.25) is 0 Å². The topological polar surface area (TPSA) is 24.1 Å². The molecular formula is C15H23ClN2S2. The summed E-state index contributed by atoms with van der Waals surface area (Å²) in [5.74, 6) is 2.45. The molecule has 5 heteroatoms. The second kappa shape index (κ2) is 10.3. The Morgan fingerprint density at radius 3 is 2.80 bits per heavy atom. The average Bonchev–Trinajstić information content (AvgIpc) is 2.42. The quantitative estimate of drug-likeness (QED) is 0.525. The van der Waals surface area contributed by atoms with Crippen LogP contribution in [0.5, 0.6) is 0 Å². The molecule has 1 aromatic carbocycles. The average molecular weight is 331 g/mol. The lowest BCUT2D eigenvalue weighted by molar-refractivity contribution is 0.850. The van der Waals surface area contributed by atoms with E-state index >= 15 is 0 Å². The van der Waals surface area contributed by atoms with Crippen LogP contribution in [0.4, 0.5) is 5.69 Å². The number of hydrogen-bond donors (Lipinski definition) is 2. The SMILES string of the molecule is CCCCSCCCNC(=S)Nc1cc(Cl)ccc1C. The molecule has 0 heterocycles. The van der Waals surface area contributed by atoms with Crippen LogP contribution in [0, 0.1) is 6.92 Å². The Bertz CT molecular complexity index is 424. The van der Waals surface area contributed by atoms with Gasteiger partial charge in [-0.1, -0.05) is 31.0 Å². The van der Waals surface area contributed by atoms with E-state index in [2.05, 4.69) is 17.6 Å². The third-order valence-corrected chi connectivity index (χ3v) is 4.48. The zero-order valence-corrected chi connectivity index (χ0v) is 14.6. The molecule has 0 fully saturated rings. The molecule has 0 bridgehead atoms. The van der Waals surface area contributed by atoms with Crippen molar-refractivity contribution >= 4 is 46.4 Å². The largest absolute Gasteiger partial charge is 0.362 e. The van der Waals surface area contributed by atoms with Crippen molar-refractivity contribution in [3.8, 4) is 0 Å². The van der Waals surface area contributed by atoms with E-state index in [9.17, 15) is 0 Å². The Balaban J connectivity index is 2.19. The number of unbranched alkanes of at least 4 members (excludes halogenated alkanes) is 1. The van der Waals surface area contributed by atoms with Crippen LogP contribution in [0.3, 0.4) is 0 Å². The molecule has 0 saturated heterocycles. The summed E-state index contributed by atoms with van der Waals surface area (Å²) in [6.07, 6.45) is 3.72. The number of thioether (sulfide) groups is 1. The van der Waals surface area contributed by atoms with Gasteiger partial charge in [-0.3, -0.25) is 0 Å². The number of rotatable bonds is 8. The van der Waals surface area contributed by atoms with Gasteiger partial charge < -0.3 is 10.6 Å². The maximum absolute atomic E-state index is 5.98. The van der Waals surface area contributed by atoms with Crippen molar-refractivity contribution in [3.63, 3.8) is 0 Å². The third kappa shape index (κ3) is 7.36. The van der Waals surface area contributed by atoms with E-state index in [0.29, 0.717) is 10.1 Å². The predicted octanol–water partition coefficient (Wildman–Crippen LogP) is 4.86. The number of aryl methyl sites for hydroxylation is 1. The van der Waals surface area contributed by atoms with Crippen LogP contribution in [0.25, 0.3) is 0 Å². The van der Waals surface area contributed by atoms with E-state index in [1.807, 2.05) is 36.9 Å². The highest BCUT2D eigenvalue weighted by Gasteiger charge is 2.01. The summed E-state index contributed by atoms with van der Waals surface area (Å²) in [6.45, 7) is 5.17. The normalized spacial score (nSPS) is 10.3. The highest BCUT2D eigenvalue weighted by atomic mass is 35.5. The molecule has 2 nitrogen and oxygen atoms in total. The molecule has 0 aromatic heterocycles. The minimum atomic E-state index is 0.661. The van der Waals surface area contributed by atoms with Gasteiger partial charge in [0.25, 0.3) is 0 Å². The van der Waals surface area contributed by atoms with Crippen molar-refractivity contribution in [2.75, 3.05) is 23.4 Å². The smallest absolute Gasteiger partial charge is 0.170 e. The lowest BCUT2D eigenvalue weighted by Crippen LogP contribution is -2.29. The van der Waals surface area contributed by atoms with E-state index < -0.39 is 0 Å². The Hall–Kier alpha value is -0.450. The Kier molecular flexibility index (Phi) is 9.07. The number of thiocarbonyl (C=S) groups is 1. The van der Waals surface area contributed by atoms with Crippen molar-refractivity contribution in [1.29, 1.82) is 0 Å². The molecular weight excluding hydrogens is 308 g/mol. The molecule has 0 atom stereocenters. The highest BCUT2D eigenvalue weighted by Crippen LogP contribution is 2.19. The zero-order chi connectivity index (χ0) is 14.8. The van der Waals surface area contributed by atoms with Crippen LogP contribution in [-0.2, 0) is 0 Å². The maximum atomic E-state index is 5.98. The van der Waals surface area contributed by atoms with Crippen LogP contribution in [0.15, 0.2) is 18.2 Å². The molecule has 0 radical (unpaired) electrons. The maximum Gasteiger partial charge on any atom is 0.170 e. The molecule has 0 aliphatic rings. The second-order valence-electron chi connectivity index (χ2n) is 4.66. The van der Waals surface area contributed by atoms with Gasteiger partial charge in [-0.05, 0) is 61.2 Å². The number of benzene rings is 1. The number of nitrogens with one attached hydrogen (secondary N) is 2. The lowest BCUT2D eigenvalue weighted by Gasteiger charge is -2.12. The predicted molar refractivity (Wildman–Crippen MR) is 97.3 cm³/mol. The van der Waals surface area contributed by atoms with Crippen LogP contribution in [0.1, 0.15) is 31.7 Å². The van der Waals surface area contributed by atoms with E-state index in [-0.39, 0.29) is 0 Å². The van der Waals surface area contributed by atoms with Gasteiger partial charge in [0.1, 0.15) is 0 Å².